The maximum absolute atomic E-state index is 12.2. The highest BCUT2D eigenvalue weighted by Crippen LogP contribution is 2.14. The largest absolute Gasteiger partial charge is 0.355 e. The van der Waals surface area contributed by atoms with E-state index in [1.807, 2.05) is 6.92 Å². The number of hydrogen-bond donors (Lipinski definition) is 4. The van der Waals surface area contributed by atoms with Crippen molar-refractivity contribution in [2.75, 3.05) is 19.6 Å². The van der Waals surface area contributed by atoms with Crippen molar-refractivity contribution in [1.29, 1.82) is 0 Å². The zero-order chi connectivity index (χ0) is 20.6. The van der Waals surface area contributed by atoms with Crippen LogP contribution in [0.2, 0.25) is 0 Å². The first-order chi connectivity index (χ1) is 12.6. The van der Waals surface area contributed by atoms with Gasteiger partial charge in [-0.05, 0) is 51.0 Å². The number of benzene rings is 1. The van der Waals surface area contributed by atoms with Crippen LogP contribution in [0.15, 0.2) is 23.1 Å². The van der Waals surface area contributed by atoms with E-state index < -0.39 is 34.4 Å². The van der Waals surface area contributed by atoms with Crippen LogP contribution >= 0.6 is 0 Å². The summed E-state index contributed by atoms with van der Waals surface area (Å²) in [5.74, 6) is -1.55. The molecular formula is C17H26N4O5S. The number of carbonyl (C=O) groups is 3. The lowest BCUT2D eigenvalue weighted by Gasteiger charge is -2.13. The van der Waals surface area contributed by atoms with Gasteiger partial charge in [0.05, 0.1) is 18.0 Å². The van der Waals surface area contributed by atoms with Crippen LogP contribution in [0.5, 0.6) is 0 Å². The summed E-state index contributed by atoms with van der Waals surface area (Å²) < 4.78 is 26.6. The molecule has 1 atom stereocenters. The molecule has 9 nitrogen and oxygen atoms in total. The fraction of sp³-hybridized carbons (Fsp3) is 0.471. The number of aryl methyl sites for hydroxylation is 2. The summed E-state index contributed by atoms with van der Waals surface area (Å²) in [5, 5.41) is 7.28. The molecule has 0 spiro atoms. The highest BCUT2D eigenvalue weighted by molar-refractivity contribution is 7.89. The van der Waals surface area contributed by atoms with Crippen LogP contribution in [-0.4, -0.2) is 51.8 Å². The van der Waals surface area contributed by atoms with E-state index in [1.165, 1.54) is 19.1 Å². The van der Waals surface area contributed by atoms with Gasteiger partial charge < -0.3 is 16.0 Å². The Balaban J connectivity index is 2.47. The fourth-order valence-corrected chi connectivity index (χ4v) is 3.12. The lowest BCUT2D eigenvalue weighted by molar-refractivity contribution is -0.129. The number of rotatable bonds is 9. The predicted octanol–water partition coefficient (Wildman–Crippen LogP) is -0.661. The summed E-state index contributed by atoms with van der Waals surface area (Å²) in [7, 11) is -3.83. The average molecular weight is 398 g/mol. The van der Waals surface area contributed by atoms with Gasteiger partial charge in [0.1, 0.15) is 6.04 Å². The quantitative estimate of drug-likeness (QED) is 0.438. The molecule has 1 aromatic carbocycles. The number of hydrogen-bond acceptors (Lipinski definition) is 5. The van der Waals surface area contributed by atoms with Crippen molar-refractivity contribution < 1.29 is 22.8 Å². The van der Waals surface area contributed by atoms with Gasteiger partial charge in [0.15, 0.2) is 0 Å². The van der Waals surface area contributed by atoms with E-state index in [2.05, 4.69) is 20.7 Å². The molecule has 0 aliphatic heterocycles. The third kappa shape index (κ3) is 7.35. The minimum atomic E-state index is -3.83. The Hall–Kier alpha value is -2.46. The van der Waals surface area contributed by atoms with E-state index in [-0.39, 0.29) is 17.3 Å². The molecule has 27 heavy (non-hydrogen) atoms. The van der Waals surface area contributed by atoms with Crippen molar-refractivity contribution in [3.05, 3.63) is 29.3 Å². The molecule has 1 aromatic rings. The first kappa shape index (κ1) is 22.6. The van der Waals surface area contributed by atoms with E-state index >= 15 is 0 Å². The van der Waals surface area contributed by atoms with E-state index in [0.717, 1.165) is 11.1 Å². The molecule has 0 aliphatic rings. The molecule has 1 rings (SSSR count). The summed E-state index contributed by atoms with van der Waals surface area (Å²) in [6, 6.07) is 3.92. The molecule has 0 aliphatic carbocycles. The van der Waals surface area contributed by atoms with Crippen molar-refractivity contribution in [2.45, 2.75) is 38.6 Å². The number of carbonyl (C=O) groups excluding carboxylic acids is 3. The second-order valence-electron chi connectivity index (χ2n) is 6.03. The summed E-state index contributed by atoms with van der Waals surface area (Å²) in [4.78, 5) is 35.1. The molecule has 0 heterocycles. The molecule has 0 radical (unpaired) electrons. The topological polar surface area (TPSA) is 133 Å². The van der Waals surface area contributed by atoms with Crippen LogP contribution < -0.4 is 20.7 Å². The Bertz CT molecular complexity index is 808. The van der Waals surface area contributed by atoms with Crippen LogP contribution in [0.4, 0.5) is 0 Å². The molecule has 10 heteroatoms. The van der Waals surface area contributed by atoms with Gasteiger partial charge in [-0.25, -0.2) is 13.1 Å². The van der Waals surface area contributed by atoms with Crippen LogP contribution in [0.1, 0.15) is 25.0 Å². The molecule has 0 saturated heterocycles. The van der Waals surface area contributed by atoms with Crippen LogP contribution in [0.25, 0.3) is 0 Å². The Morgan fingerprint density at radius 2 is 1.67 bits per heavy atom. The van der Waals surface area contributed by atoms with Gasteiger partial charge in [0.25, 0.3) is 0 Å². The molecule has 0 aromatic heterocycles. The fourth-order valence-electron chi connectivity index (χ4n) is 2.05. The van der Waals surface area contributed by atoms with Gasteiger partial charge in [0, 0.05) is 6.54 Å². The van der Waals surface area contributed by atoms with Crippen LogP contribution in [-0.2, 0) is 24.4 Å². The summed E-state index contributed by atoms with van der Waals surface area (Å²) in [5.41, 5.74) is 1.78. The summed E-state index contributed by atoms with van der Waals surface area (Å²) in [6.45, 7) is 6.50. The molecule has 4 N–H and O–H groups in total. The molecule has 0 fully saturated rings. The molecule has 3 amide bonds. The molecule has 150 valence electrons. The van der Waals surface area contributed by atoms with E-state index in [9.17, 15) is 22.8 Å². The van der Waals surface area contributed by atoms with Gasteiger partial charge in [-0.2, -0.15) is 0 Å². The van der Waals surface area contributed by atoms with Crippen molar-refractivity contribution in [3.8, 4) is 0 Å². The smallest absolute Gasteiger partial charge is 0.242 e. The number of sulfonamides is 1. The highest BCUT2D eigenvalue weighted by atomic mass is 32.2. The van der Waals surface area contributed by atoms with Gasteiger partial charge in [0.2, 0.25) is 27.7 Å². The third-order valence-corrected chi connectivity index (χ3v) is 5.18. The maximum Gasteiger partial charge on any atom is 0.242 e. The lowest BCUT2D eigenvalue weighted by Crippen LogP contribution is -2.48. The predicted molar refractivity (Wildman–Crippen MR) is 100 cm³/mol. The monoisotopic (exact) mass is 398 g/mol. The number of amides is 3. The molecule has 0 saturated carbocycles. The minimum absolute atomic E-state index is 0.0619. The highest BCUT2D eigenvalue weighted by Gasteiger charge is 2.18. The molecule has 0 unspecified atom stereocenters. The minimum Gasteiger partial charge on any atom is -0.355 e. The Morgan fingerprint density at radius 1 is 1.00 bits per heavy atom. The van der Waals surface area contributed by atoms with E-state index in [0.29, 0.717) is 6.54 Å². The van der Waals surface area contributed by atoms with Gasteiger partial charge in [-0.3, -0.25) is 14.4 Å². The zero-order valence-corrected chi connectivity index (χ0v) is 16.7. The number of nitrogens with one attached hydrogen (secondary N) is 4. The zero-order valence-electron chi connectivity index (χ0n) is 15.9. The van der Waals surface area contributed by atoms with E-state index in [1.54, 1.807) is 19.9 Å². The molecule has 0 bridgehead atoms. The van der Waals surface area contributed by atoms with Crippen LogP contribution in [0, 0.1) is 13.8 Å². The first-order valence-electron chi connectivity index (χ1n) is 8.47. The van der Waals surface area contributed by atoms with E-state index in [4.69, 9.17) is 0 Å². The second-order valence-corrected chi connectivity index (χ2v) is 7.80. The lowest BCUT2D eigenvalue weighted by atomic mass is 10.1. The Morgan fingerprint density at radius 3 is 2.26 bits per heavy atom. The second kappa shape index (κ2) is 10.0. The Kier molecular flexibility index (Phi) is 8.38. The van der Waals surface area contributed by atoms with Crippen molar-refractivity contribution >= 4 is 27.7 Å². The average Bonchev–Trinajstić information content (AvgIpc) is 2.60. The maximum atomic E-state index is 12.2. The van der Waals surface area contributed by atoms with Crippen molar-refractivity contribution in [2.24, 2.45) is 0 Å². The first-order valence-corrected chi connectivity index (χ1v) is 9.95. The van der Waals surface area contributed by atoms with Crippen LogP contribution in [0.3, 0.4) is 0 Å². The summed E-state index contributed by atoms with van der Waals surface area (Å²) >= 11 is 0. The third-order valence-electron chi connectivity index (χ3n) is 3.78. The number of likely N-dealkylation sites (N-methyl/N-ethyl adjacent to an activating group) is 1. The SMILES string of the molecule is CCNC(=O)[C@H](C)NC(=O)CNC(=O)CNS(=O)(=O)c1ccc(C)c(C)c1. The van der Waals surface area contributed by atoms with Gasteiger partial charge in [-0.15, -0.1) is 0 Å². The summed E-state index contributed by atoms with van der Waals surface area (Å²) in [6.07, 6.45) is 0. The van der Waals surface area contributed by atoms with Gasteiger partial charge >= 0.3 is 0 Å². The normalized spacial score (nSPS) is 12.1. The Labute approximate surface area is 159 Å². The standard InChI is InChI=1S/C17H26N4O5S/c1-5-18-17(24)13(4)21-16(23)9-19-15(22)10-20-27(25,26)14-7-6-11(2)12(3)8-14/h6-8,13,20H,5,9-10H2,1-4H3,(H,18,24)(H,19,22)(H,21,23)/t13-/m0/s1. The van der Waals surface area contributed by atoms with Gasteiger partial charge in [-0.1, -0.05) is 6.07 Å². The van der Waals surface area contributed by atoms with Crippen molar-refractivity contribution in [1.82, 2.24) is 20.7 Å². The molecular weight excluding hydrogens is 372 g/mol. The van der Waals surface area contributed by atoms with Crippen molar-refractivity contribution in [3.63, 3.8) is 0 Å².